The van der Waals surface area contributed by atoms with Crippen molar-refractivity contribution in [2.45, 2.75) is 11.8 Å². The van der Waals surface area contributed by atoms with E-state index < -0.39 is 10.0 Å². The number of fused-ring (bicyclic) bond motifs is 1. The predicted molar refractivity (Wildman–Crippen MR) is 102 cm³/mol. The van der Waals surface area contributed by atoms with Gasteiger partial charge in [-0.3, -0.25) is 0 Å². The average molecular weight is 406 g/mol. The summed E-state index contributed by atoms with van der Waals surface area (Å²) >= 11 is 1.02. The number of nitrogens with zero attached hydrogens (tertiary/aromatic N) is 6. The second-order valence-electron chi connectivity index (χ2n) is 6.09. The molecule has 4 rings (SSSR count). The van der Waals surface area contributed by atoms with Gasteiger partial charge in [0, 0.05) is 32.2 Å². The Bertz CT molecular complexity index is 1080. The quantitative estimate of drug-likeness (QED) is 0.639. The first-order chi connectivity index (χ1) is 13.0. The minimum Gasteiger partial charge on any atom is -0.481 e. The molecule has 0 saturated carbocycles. The Morgan fingerprint density at radius 1 is 1.11 bits per heavy atom. The van der Waals surface area contributed by atoms with Crippen molar-refractivity contribution in [3.8, 4) is 5.88 Å². The maximum atomic E-state index is 13.1. The Morgan fingerprint density at radius 3 is 2.63 bits per heavy atom. The number of ether oxygens (including phenoxy) is 1. The highest BCUT2D eigenvalue weighted by molar-refractivity contribution is 7.89. The lowest BCUT2D eigenvalue weighted by molar-refractivity contribution is 0.380. The molecule has 1 aliphatic rings. The summed E-state index contributed by atoms with van der Waals surface area (Å²) < 4.78 is 41.2. The van der Waals surface area contributed by atoms with E-state index in [1.54, 1.807) is 38.3 Å². The molecule has 3 aromatic rings. The van der Waals surface area contributed by atoms with E-state index in [-0.39, 0.29) is 4.90 Å². The summed E-state index contributed by atoms with van der Waals surface area (Å²) in [6.07, 6.45) is 0. The minimum atomic E-state index is -3.63. The van der Waals surface area contributed by atoms with E-state index in [9.17, 15) is 8.42 Å². The van der Waals surface area contributed by atoms with Crippen LogP contribution < -0.4 is 9.64 Å². The smallest absolute Gasteiger partial charge is 0.245 e. The summed E-state index contributed by atoms with van der Waals surface area (Å²) in [6.45, 7) is 3.59. The van der Waals surface area contributed by atoms with Crippen LogP contribution in [-0.2, 0) is 10.0 Å². The summed E-state index contributed by atoms with van der Waals surface area (Å²) in [5, 5.41) is 0. The monoisotopic (exact) mass is 406 g/mol. The molecular formula is C16H18N6O3S2. The molecule has 27 heavy (non-hydrogen) atoms. The number of sulfonamides is 1. The number of aromatic nitrogens is 4. The van der Waals surface area contributed by atoms with Gasteiger partial charge in [-0.1, -0.05) is 6.07 Å². The highest BCUT2D eigenvalue weighted by Crippen LogP contribution is 2.26. The van der Waals surface area contributed by atoms with Gasteiger partial charge in [0.25, 0.3) is 0 Å². The van der Waals surface area contributed by atoms with Crippen LogP contribution in [0.2, 0.25) is 0 Å². The van der Waals surface area contributed by atoms with E-state index >= 15 is 0 Å². The van der Waals surface area contributed by atoms with Gasteiger partial charge in [0.1, 0.15) is 27.6 Å². The third-order valence-corrected chi connectivity index (χ3v) is 6.91. The summed E-state index contributed by atoms with van der Waals surface area (Å²) in [4.78, 5) is 10.9. The van der Waals surface area contributed by atoms with Crippen molar-refractivity contribution >= 4 is 38.6 Å². The molecule has 1 aliphatic heterocycles. The highest BCUT2D eigenvalue weighted by Gasteiger charge is 2.31. The maximum Gasteiger partial charge on any atom is 0.245 e. The molecule has 3 heterocycles. The lowest BCUT2D eigenvalue weighted by Gasteiger charge is -2.34. The number of hydrogen-bond acceptors (Lipinski definition) is 9. The van der Waals surface area contributed by atoms with E-state index in [0.717, 1.165) is 17.5 Å². The molecule has 9 nitrogen and oxygen atoms in total. The van der Waals surface area contributed by atoms with E-state index in [1.165, 1.54) is 4.31 Å². The van der Waals surface area contributed by atoms with E-state index in [0.29, 0.717) is 48.9 Å². The number of hydrogen-bond donors (Lipinski definition) is 0. The topological polar surface area (TPSA) is 101 Å². The summed E-state index contributed by atoms with van der Waals surface area (Å²) in [6, 6.07) is 6.81. The molecule has 0 bridgehead atoms. The second-order valence-corrected chi connectivity index (χ2v) is 8.53. The van der Waals surface area contributed by atoms with Gasteiger partial charge < -0.3 is 9.64 Å². The first kappa shape index (κ1) is 18.0. The fraction of sp³-hybridized carbons (Fsp3) is 0.375. The van der Waals surface area contributed by atoms with Crippen LogP contribution in [0.4, 0.5) is 5.82 Å². The molecule has 0 aliphatic carbocycles. The number of piperazine rings is 1. The third kappa shape index (κ3) is 3.33. The second kappa shape index (κ2) is 6.98. The first-order valence-corrected chi connectivity index (χ1v) is 10.5. The van der Waals surface area contributed by atoms with E-state index in [4.69, 9.17) is 4.74 Å². The standard InChI is InChI=1S/C16H18N6O3S2/c1-11-17-14(10-15(18-11)25-2)21-6-8-22(9-7-21)27(23,24)13-5-3-4-12-16(13)20-26-19-12/h3-5,10H,6-9H2,1-2H3. The molecule has 0 unspecified atom stereocenters. The van der Waals surface area contributed by atoms with Crippen molar-refractivity contribution in [2.75, 3.05) is 38.2 Å². The first-order valence-electron chi connectivity index (χ1n) is 8.35. The van der Waals surface area contributed by atoms with Gasteiger partial charge in [0.2, 0.25) is 15.9 Å². The summed E-state index contributed by atoms with van der Waals surface area (Å²) in [5.74, 6) is 1.85. The molecule has 0 amide bonds. The molecule has 142 valence electrons. The predicted octanol–water partition coefficient (Wildman–Crippen LogP) is 1.31. The lowest BCUT2D eigenvalue weighted by Crippen LogP contribution is -2.49. The van der Waals surface area contributed by atoms with Gasteiger partial charge in [0.05, 0.1) is 18.8 Å². The van der Waals surface area contributed by atoms with Crippen molar-refractivity contribution in [3.63, 3.8) is 0 Å². The highest BCUT2D eigenvalue weighted by atomic mass is 32.2. The Morgan fingerprint density at radius 2 is 1.89 bits per heavy atom. The largest absolute Gasteiger partial charge is 0.481 e. The van der Waals surface area contributed by atoms with E-state index in [2.05, 4.69) is 18.7 Å². The molecular weight excluding hydrogens is 388 g/mol. The van der Waals surface area contributed by atoms with Gasteiger partial charge in [-0.05, 0) is 19.1 Å². The Balaban J connectivity index is 1.55. The molecule has 0 radical (unpaired) electrons. The Hall–Kier alpha value is -2.37. The third-order valence-electron chi connectivity index (χ3n) is 4.44. The van der Waals surface area contributed by atoms with Gasteiger partial charge >= 0.3 is 0 Å². The zero-order valence-electron chi connectivity index (χ0n) is 14.9. The Labute approximate surface area is 161 Å². The average Bonchev–Trinajstić information content (AvgIpc) is 3.16. The molecule has 1 saturated heterocycles. The van der Waals surface area contributed by atoms with Gasteiger partial charge in [-0.15, -0.1) is 0 Å². The number of anilines is 1. The molecule has 0 N–H and O–H groups in total. The molecule has 2 aromatic heterocycles. The minimum absolute atomic E-state index is 0.210. The van der Waals surface area contributed by atoms with Crippen molar-refractivity contribution in [3.05, 3.63) is 30.1 Å². The van der Waals surface area contributed by atoms with Gasteiger partial charge in [0.15, 0.2) is 0 Å². The van der Waals surface area contributed by atoms with Crippen molar-refractivity contribution < 1.29 is 13.2 Å². The van der Waals surface area contributed by atoms with Crippen molar-refractivity contribution in [1.29, 1.82) is 0 Å². The van der Waals surface area contributed by atoms with Crippen LogP contribution in [0.1, 0.15) is 5.82 Å². The summed E-state index contributed by atoms with van der Waals surface area (Å²) in [7, 11) is -2.07. The van der Waals surface area contributed by atoms with Gasteiger partial charge in [-0.2, -0.15) is 18.0 Å². The Kier molecular flexibility index (Phi) is 4.66. The van der Waals surface area contributed by atoms with Crippen molar-refractivity contribution in [2.24, 2.45) is 0 Å². The van der Waals surface area contributed by atoms with Crippen LogP contribution in [0.3, 0.4) is 0 Å². The normalized spacial score (nSPS) is 16.0. The van der Waals surface area contributed by atoms with Crippen LogP contribution in [0.25, 0.3) is 11.0 Å². The maximum absolute atomic E-state index is 13.1. The van der Waals surface area contributed by atoms with Crippen LogP contribution in [0.15, 0.2) is 29.2 Å². The van der Waals surface area contributed by atoms with Gasteiger partial charge in [-0.25, -0.2) is 13.4 Å². The molecule has 0 spiro atoms. The van der Waals surface area contributed by atoms with Crippen molar-refractivity contribution in [1.82, 2.24) is 23.0 Å². The SMILES string of the molecule is COc1cc(N2CCN(S(=O)(=O)c3cccc4nsnc34)CC2)nc(C)n1. The van der Waals surface area contributed by atoms with E-state index in [1.807, 2.05) is 4.90 Å². The molecule has 0 atom stereocenters. The fourth-order valence-electron chi connectivity index (χ4n) is 3.08. The zero-order valence-corrected chi connectivity index (χ0v) is 16.5. The number of methoxy groups -OCH3 is 1. The summed E-state index contributed by atoms with van der Waals surface area (Å²) in [5.41, 5.74) is 1.03. The van der Waals surface area contributed by atoms with Crippen LogP contribution in [0, 0.1) is 6.92 Å². The number of rotatable bonds is 4. The van der Waals surface area contributed by atoms with Crippen LogP contribution >= 0.6 is 11.7 Å². The zero-order chi connectivity index (χ0) is 19.0. The van der Waals surface area contributed by atoms with Crippen LogP contribution in [0.5, 0.6) is 5.88 Å². The number of benzene rings is 1. The lowest BCUT2D eigenvalue weighted by atomic mass is 10.3. The number of aryl methyl sites for hydroxylation is 1. The molecule has 1 aromatic carbocycles. The molecule has 1 fully saturated rings. The fourth-order valence-corrected chi connectivity index (χ4v) is 5.25. The van der Waals surface area contributed by atoms with Crippen LogP contribution in [-0.4, -0.2) is 64.7 Å². The molecule has 11 heteroatoms.